The van der Waals surface area contributed by atoms with Crippen LogP contribution in [-0.2, 0) is 6.61 Å². The van der Waals surface area contributed by atoms with Crippen molar-refractivity contribution in [3.63, 3.8) is 0 Å². The van der Waals surface area contributed by atoms with Crippen molar-refractivity contribution in [2.75, 3.05) is 5.32 Å². The lowest BCUT2D eigenvalue weighted by molar-refractivity contribution is 0.281. The topological polar surface area (TPSA) is 56.0 Å². The first-order chi connectivity index (χ1) is 6.19. The highest BCUT2D eigenvalue weighted by Crippen LogP contribution is 2.19. The lowest BCUT2D eigenvalue weighted by Gasteiger charge is -2.08. The highest BCUT2D eigenvalue weighted by atomic mass is 16.3. The van der Waals surface area contributed by atoms with Gasteiger partial charge in [-0.3, -0.25) is 5.32 Å². The van der Waals surface area contributed by atoms with Crippen LogP contribution in [0, 0.1) is 25.3 Å². The lowest BCUT2D eigenvalue weighted by atomic mass is 10.0. The molecule has 0 heterocycles. The number of hydrogen-bond acceptors (Lipinski definition) is 3. The fourth-order valence-electron chi connectivity index (χ4n) is 1.23. The number of nitrogens with zero attached hydrogens (tertiary/aromatic N) is 1. The maximum Gasteiger partial charge on any atom is 0.181 e. The van der Waals surface area contributed by atoms with Crippen LogP contribution in [0.4, 0.5) is 5.69 Å². The van der Waals surface area contributed by atoms with Crippen molar-refractivity contribution < 1.29 is 5.11 Å². The molecule has 0 radical (unpaired) electrons. The minimum Gasteiger partial charge on any atom is -0.392 e. The summed E-state index contributed by atoms with van der Waals surface area (Å²) in [5.41, 5.74) is 3.74. The Morgan fingerprint density at radius 1 is 1.46 bits per heavy atom. The Morgan fingerprint density at radius 2 is 2.15 bits per heavy atom. The quantitative estimate of drug-likeness (QED) is 0.532. The van der Waals surface area contributed by atoms with Gasteiger partial charge in [-0.25, -0.2) is 0 Å². The van der Waals surface area contributed by atoms with E-state index >= 15 is 0 Å². The predicted molar refractivity (Wildman–Crippen MR) is 51.1 cm³/mol. The van der Waals surface area contributed by atoms with E-state index in [1.54, 1.807) is 6.07 Å². The summed E-state index contributed by atoms with van der Waals surface area (Å²) in [5.74, 6) is 0. The van der Waals surface area contributed by atoms with Crippen LogP contribution >= 0.6 is 0 Å². The molecule has 1 rings (SSSR count). The Hall–Kier alpha value is -1.53. The Labute approximate surface area is 77.6 Å². The first kappa shape index (κ1) is 9.56. The van der Waals surface area contributed by atoms with Gasteiger partial charge in [-0.1, -0.05) is 0 Å². The summed E-state index contributed by atoms with van der Waals surface area (Å²) in [6.45, 7) is 3.92. The lowest BCUT2D eigenvalue weighted by Crippen LogP contribution is -1.96. The molecule has 0 atom stereocenters. The first-order valence-electron chi connectivity index (χ1n) is 4.05. The van der Waals surface area contributed by atoms with Gasteiger partial charge in [0.25, 0.3) is 0 Å². The van der Waals surface area contributed by atoms with Crippen LogP contribution in [0.15, 0.2) is 12.1 Å². The number of hydrogen-bond donors (Lipinski definition) is 2. The molecular formula is C10H12N2O. The van der Waals surface area contributed by atoms with Crippen LogP contribution in [0.1, 0.15) is 16.7 Å². The van der Waals surface area contributed by atoms with Crippen LogP contribution in [0.3, 0.4) is 0 Å². The van der Waals surface area contributed by atoms with Gasteiger partial charge in [-0.05, 0) is 42.7 Å². The molecule has 0 aliphatic heterocycles. The Balaban J connectivity index is 3.16. The molecule has 3 nitrogen and oxygen atoms in total. The fraction of sp³-hybridized carbons (Fsp3) is 0.300. The third kappa shape index (κ3) is 1.98. The van der Waals surface area contributed by atoms with E-state index in [-0.39, 0.29) is 6.61 Å². The Morgan fingerprint density at radius 3 is 2.69 bits per heavy atom. The van der Waals surface area contributed by atoms with Crippen LogP contribution in [0.5, 0.6) is 0 Å². The van der Waals surface area contributed by atoms with Gasteiger partial charge in [0.1, 0.15) is 0 Å². The molecule has 1 aromatic rings. The molecule has 0 amide bonds. The molecule has 3 heteroatoms. The molecule has 2 N–H and O–H groups in total. The van der Waals surface area contributed by atoms with Crippen molar-refractivity contribution in [1.82, 2.24) is 0 Å². The summed E-state index contributed by atoms with van der Waals surface area (Å²) in [6, 6.07) is 3.67. The molecule has 0 aromatic heterocycles. The number of anilines is 1. The maximum absolute atomic E-state index is 9.02. The third-order valence-electron chi connectivity index (χ3n) is 2.15. The molecule has 13 heavy (non-hydrogen) atoms. The molecule has 0 aliphatic rings. The maximum atomic E-state index is 9.02. The number of aliphatic hydroxyl groups is 1. The summed E-state index contributed by atoms with van der Waals surface area (Å²) in [5, 5.41) is 20.0. The predicted octanol–water partition coefficient (Wildman–Crippen LogP) is 1.69. The van der Waals surface area contributed by atoms with E-state index in [9.17, 15) is 0 Å². The van der Waals surface area contributed by atoms with E-state index in [2.05, 4.69) is 5.32 Å². The smallest absolute Gasteiger partial charge is 0.181 e. The van der Waals surface area contributed by atoms with Gasteiger partial charge in [0, 0.05) is 5.69 Å². The van der Waals surface area contributed by atoms with Crippen molar-refractivity contribution in [1.29, 1.82) is 5.26 Å². The molecule has 0 saturated heterocycles. The minimum absolute atomic E-state index is 0.00756. The van der Waals surface area contributed by atoms with Gasteiger partial charge in [0.05, 0.1) is 6.61 Å². The van der Waals surface area contributed by atoms with Crippen LogP contribution < -0.4 is 5.32 Å². The number of rotatable bonds is 2. The van der Waals surface area contributed by atoms with Crippen LogP contribution in [0.25, 0.3) is 0 Å². The average molecular weight is 176 g/mol. The molecular weight excluding hydrogens is 164 g/mol. The van der Waals surface area contributed by atoms with Gasteiger partial charge in [-0.2, -0.15) is 5.26 Å². The number of aliphatic hydroxyl groups excluding tert-OH is 1. The molecule has 0 aliphatic carbocycles. The summed E-state index contributed by atoms with van der Waals surface area (Å²) in [7, 11) is 0. The Kier molecular flexibility index (Phi) is 2.88. The second kappa shape index (κ2) is 3.92. The number of benzene rings is 1. The van der Waals surface area contributed by atoms with Crippen molar-refractivity contribution >= 4 is 5.69 Å². The zero-order valence-electron chi connectivity index (χ0n) is 7.76. The van der Waals surface area contributed by atoms with E-state index in [0.29, 0.717) is 0 Å². The fourth-order valence-corrected chi connectivity index (χ4v) is 1.23. The number of nitrogens with one attached hydrogen (secondary N) is 1. The summed E-state index contributed by atoms with van der Waals surface area (Å²) in [6.07, 6.45) is 1.85. The van der Waals surface area contributed by atoms with Gasteiger partial charge >= 0.3 is 0 Å². The average Bonchev–Trinajstić information content (AvgIpc) is 2.11. The molecule has 0 fully saturated rings. The minimum atomic E-state index is 0.00756. The summed E-state index contributed by atoms with van der Waals surface area (Å²) < 4.78 is 0. The summed E-state index contributed by atoms with van der Waals surface area (Å²) >= 11 is 0. The number of nitriles is 1. The first-order valence-corrected chi connectivity index (χ1v) is 4.05. The highest BCUT2D eigenvalue weighted by Gasteiger charge is 2.02. The zero-order chi connectivity index (χ0) is 9.84. The molecule has 0 unspecified atom stereocenters. The van der Waals surface area contributed by atoms with Gasteiger partial charge < -0.3 is 5.11 Å². The summed E-state index contributed by atoms with van der Waals surface area (Å²) in [4.78, 5) is 0. The van der Waals surface area contributed by atoms with Gasteiger partial charge in [0.15, 0.2) is 6.19 Å². The number of aryl methyl sites for hydroxylation is 1. The van der Waals surface area contributed by atoms with Crippen LogP contribution in [0.2, 0.25) is 0 Å². The van der Waals surface area contributed by atoms with Crippen LogP contribution in [-0.4, -0.2) is 5.11 Å². The molecule has 68 valence electrons. The molecule has 1 aromatic carbocycles. The van der Waals surface area contributed by atoms with Crippen molar-refractivity contribution in [3.05, 3.63) is 28.8 Å². The van der Waals surface area contributed by atoms with Crippen molar-refractivity contribution in [2.45, 2.75) is 20.5 Å². The molecule has 0 bridgehead atoms. The second-order valence-electron chi connectivity index (χ2n) is 2.97. The third-order valence-corrected chi connectivity index (χ3v) is 2.15. The Bertz CT molecular complexity index is 353. The van der Waals surface area contributed by atoms with Crippen molar-refractivity contribution in [3.8, 4) is 6.19 Å². The van der Waals surface area contributed by atoms with E-state index in [0.717, 1.165) is 22.4 Å². The second-order valence-corrected chi connectivity index (χ2v) is 2.97. The largest absolute Gasteiger partial charge is 0.392 e. The standard InChI is InChI=1S/C10H12N2O/c1-7-3-10(12-6-11)4-9(5-13)8(7)2/h3-4,12-13H,5H2,1-2H3. The van der Waals surface area contributed by atoms with Gasteiger partial charge in [-0.15, -0.1) is 0 Å². The highest BCUT2D eigenvalue weighted by molar-refractivity contribution is 5.53. The SMILES string of the molecule is Cc1cc(NC#N)cc(CO)c1C. The van der Waals surface area contributed by atoms with E-state index in [1.165, 1.54) is 0 Å². The van der Waals surface area contributed by atoms with E-state index in [1.807, 2.05) is 26.1 Å². The van der Waals surface area contributed by atoms with E-state index < -0.39 is 0 Å². The molecule has 0 saturated carbocycles. The zero-order valence-corrected chi connectivity index (χ0v) is 7.76. The van der Waals surface area contributed by atoms with Gasteiger partial charge in [0.2, 0.25) is 0 Å². The monoisotopic (exact) mass is 176 g/mol. The normalized spacial score (nSPS) is 9.38. The molecule has 0 spiro atoms. The van der Waals surface area contributed by atoms with Crippen molar-refractivity contribution in [2.24, 2.45) is 0 Å². The van der Waals surface area contributed by atoms with E-state index in [4.69, 9.17) is 10.4 Å².